The highest BCUT2D eigenvalue weighted by molar-refractivity contribution is 5.83. The van der Waals surface area contributed by atoms with Gasteiger partial charge in [0.05, 0.1) is 24.7 Å². The molecule has 1 aliphatic carbocycles. The summed E-state index contributed by atoms with van der Waals surface area (Å²) in [6, 6.07) is 0. The molecule has 0 aromatic rings. The third kappa shape index (κ3) is 3.59. The van der Waals surface area contributed by atoms with Gasteiger partial charge >= 0.3 is 23.9 Å². The van der Waals surface area contributed by atoms with Gasteiger partial charge in [0.15, 0.2) is 0 Å². The third-order valence-electron chi connectivity index (χ3n) is 3.90. The zero-order valence-electron chi connectivity index (χ0n) is 11.1. The number of carboxylic acid groups (broad SMARTS) is 4. The van der Waals surface area contributed by atoms with Gasteiger partial charge < -0.3 is 20.4 Å². The first kappa shape index (κ1) is 16.7. The van der Waals surface area contributed by atoms with Crippen LogP contribution >= 0.6 is 0 Å². The first-order valence-electron chi connectivity index (χ1n) is 6.25. The van der Waals surface area contributed by atoms with Gasteiger partial charge in [-0.3, -0.25) is 19.2 Å². The Labute approximate surface area is 119 Å². The molecule has 0 radical (unpaired) electrons. The van der Waals surface area contributed by atoms with Crippen LogP contribution in [-0.2, 0) is 19.2 Å². The molecule has 0 saturated heterocycles. The van der Waals surface area contributed by atoms with Gasteiger partial charge in [0, 0.05) is 5.41 Å². The van der Waals surface area contributed by atoms with Gasteiger partial charge in [-0.2, -0.15) is 0 Å². The maximum absolute atomic E-state index is 11.4. The number of carboxylic acids is 4. The minimum atomic E-state index is -1.47. The first-order valence-corrected chi connectivity index (χ1v) is 6.25. The number of carbonyl (C=O) groups is 4. The van der Waals surface area contributed by atoms with Crippen molar-refractivity contribution in [1.82, 2.24) is 0 Å². The molecule has 8 heteroatoms. The highest BCUT2D eigenvalue weighted by Gasteiger charge is 2.53. The Kier molecular flexibility index (Phi) is 5.07. The molecular weight excluding hydrogens is 284 g/mol. The molecule has 0 amide bonds. The molecule has 0 aromatic heterocycles. The summed E-state index contributed by atoms with van der Waals surface area (Å²) in [6.45, 7) is 0. The van der Waals surface area contributed by atoms with Crippen LogP contribution in [0.5, 0.6) is 0 Å². The molecular formula is C13H16O8. The molecule has 21 heavy (non-hydrogen) atoms. The lowest BCUT2D eigenvalue weighted by molar-refractivity contribution is -0.164. The zero-order chi connectivity index (χ0) is 16.2. The summed E-state index contributed by atoms with van der Waals surface area (Å²) in [5, 5.41) is 36.3. The van der Waals surface area contributed by atoms with Crippen molar-refractivity contribution in [2.24, 2.45) is 17.3 Å². The lowest BCUT2D eigenvalue weighted by atomic mass is 9.62. The van der Waals surface area contributed by atoms with Gasteiger partial charge in [-0.15, -0.1) is 0 Å². The SMILES string of the molecule is O=C(O)CC(C(=O)O)C1(C(CC(=O)O)C(=O)O)CC=CC1. The lowest BCUT2D eigenvalue weighted by Crippen LogP contribution is -2.45. The smallest absolute Gasteiger partial charge is 0.307 e. The van der Waals surface area contributed by atoms with Gasteiger partial charge in [0.2, 0.25) is 0 Å². The van der Waals surface area contributed by atoms with Gasteiger partial charge in [0.1, 0.15) is 0 Å². The van der Waals surface area contributed by atoms with Crippen LogP contribution in [0.15, 0.2) is 12.2 Å². The topological polar surface area (TPSA) is 149 Å². The maximum atomic E-state index is 11.4. The minimum Gasteiger partial charge on any atom is -0.481 e. The summed E-state index contributed by atoms with van der Waals surface area (Å²) in [4.78, 5) is 44.6. The summed E-state index contributed by atoms with van der Waals surface area (Å²) >= 11 is 0. The molecule has 8 nitrogen and oxygen atoms in total. The van der Waals surface area contributed by atoms with Crippen molar-refractivity contribution in [1.29, 1.82) is 0 Å². The fraction of sp³-hybridized carbons (Fsp3) is 0.538. The lowest BCUT2D eigenvalue weighted by Gasteiger charge is -2.38. The van der Waals surface area contributed by atoms with E-state index in [2.05, 4.69) is 0 Å². The van der Waals surface area contributed by atoms with Crippen LogP contribution in [-0.4, -0.2) is 44.3 Å². The molecule has 0 bridgehead atoms. The van der Waals surface area contributed by atoms with Crippen molar-refractivity contribution in [2.75, 3.05) is 0 Å². The van der Waals surface area contributed by atoms with Crippen LogP contribution < -0.4 is 0 Å². The number of rotatable bonds is 8. The van der Waals surface area contributed by atoms with Crippen LogP contribution in [0.4, 0.5) is 0 Å². The molecule has 1 rings (SSSR count). The minimum absolute atomic E-state index is 0.0293. The van der Waals surface area contributed by atoms with E-state index in [-0.39, 0.29) is 12.8 Å². The Morgan fingerprint density at radius 3 is 1.38 bits per heavy atom. The van der Waals surface area contributed by atoms with Gasteiger partial charge in [-0.05, 0) is 12.8 Å². The van der Waals surface area contributed by atoms with E-state index in [9.17, 15) is 29.4 Å². The van der Waals surface area contributed by atoms with Gasteiger partial charge in [0.25, 0.3) is 0 Å². The summed E-state index contributed by atoms with van der Waals surface area (Å²) < 4.78 is 0. The molecule has 0 aromatic carbocycles. The van der Waals surface area contributed by atoms with E-state index in [1.54, 1.807) is 12.2 Å². The van der Waals surface area contributed by atoms with E-state index in [0.717, 1.165) is 0 Å². The summed E-state index contributed by atoms with van der Waals surface area (Å²) in [7, 11) is 0. The molecule has 1 aliphatic rings. The average molecular weight is 300 g/mol. The first-order chi connectivity index (χ1) is 9.70. The van der Waals surface area contributed by atoms with Crippen molar-refractivity contribution in [2.45, 2.75) is 25.7 Å². The van der Waals surface area contributed by atoms with Gasteiger partial charge in [-0.1, -0.05) is 12.2 Å². The van der Waals surface area contributed by atoms with Crippen molar-refractivity contribution in [3.05, 3.63) is 12.2 Å². The molecule has 0 saturated carbocycles. The number of hydrogen-bond acceptors (Lipinski definition) is 4. The van der Waals surface area contributed by atoms with Crippen LogP contribution in [0.3, 0.4) is 0 Å². The Hall–Kier alpha value is -2.38. The Balaban J connectivity index is 3.26. The fourth-order valence-electron chi connectivity index (χ4n) is 2.92. The van der Waals surface area contributed by atoms with Crippen LogP contribution in [0.25, 0.3) is 0 Å². The van der Waals surface area contributed by atoms with Crippen molar-refractivity contribution >= 4 is 23.9 Å². The van der Waals surface area contributed by atoms with E-state index in [1.165, 1.54) is 0 Å². The van der Waals surface area contributed by atoms with Crippen molar-refractivity contribution in [3.8, 4) is 0 Å². The monoisotopic (exact) mass is 300 g/mol. The van der Waals surface area contributed by atoms with Crippen molar-refractivity contribution in [3.63, 3.8) is 0 Å². The summed E-state index contributed by atoms with van der Waals surface area (Å²) in [6.07, 6.45) is 1.69. The highest BCUT2D eigenvalue weighted by atomic mass is 16.4. The Morgan fingerprint density at radius 1 is 0.810 bits per heavy atom. The quantitative estimate of drug-likeness (QED) is 0.478. The average Bonchev–Trinajstić information content (AvgIpc) is 2.82. The molecule has 4 N–H and O–H groups in total. The molecule has 0 spiro atoms. The standard InChI is InChI=1S/C13H16O8/c14-9(15)5-7(11(18)19)13(3-1-2-4-13)8(12(20)21)6-10(16)17/h1-2,7-8H,3-6H2,(H,14,15)(H,16,17)(H,18,19)(H,20,21). The summed E-state index contributed by atoms with van der Waals surface area (Å²) in [5.41, 5.74) is -1.44. The zero-order valence-corrected chi connectivity index (χ0v) is 11.1. The van der Waals surface area contributed by atoms with Gasteiger partial charge in [-0.25, -0.2) is 0 Å². The highest BCUT2D eigenvalue weighted by Crippen LogP contribution is 2.50. The second-order valence-corrected chi connectivity index (χ2v) is 5.09. The maximum Gasteiger partial charge on any atom is 0.307 e. The van der Waals surface area contributed by atoms with Crippen LogP contribution in [0.2, 0.25) is 0 Å². The number of hydrogen-bond donors (Lipinski definition) is 4. The molecule has 116 valence electrons. The molecule has 0 heterocycles. The second kappa shape index (κ2) is 6.38. The number of aliphatic carboxylic acids is 4. The van der Waals surface area contributed by atoms with E-state index in [4.69, 9.17) is 10.2 Å². The van der Waals surface area contributed by atoms with Crippen LogP contribution in [0.1, 0.15) is 25.7 Å². The molecule has 0 aliphatic heterocycles. The normalized spacial score (nSPS) is 18.9. The predicted octanol–water partition coefficient (Wildman–Crippen LogP) is 0.674. The largest absolute Gasteiger partial charge is 0.481 e. The molecule has 2 unspecified atom stereocenters. The second-order valence-electron chi connectivity index (χ2n) is 5.09. The fourth-order valence-corrected chi connectivity index (χ4v) is 2.92. The Bertz CT molecular complexity index is 448. The van der Waals surface area contributed by atoms with E-state index in [0.29, 0.717) is 0 Å². The summed E-state index contributed by atoms with van der Waals surface area (Å²) in [5.74, 6) is -8.53. The predicted molar refractivity (Wildman–Crippen MR) is 67.6 cm³/mol. The Morgan fingerprint density at radius 2 is 1.14 bits per heavy atom. The van der Waals surface area contributed by atoms with Crippen molar-refractivity contribution < 1.29 is 39.6 Å². The van der Waals surface area contributed by atoms with Crippen LogP contribution in [0, 0.1) is 17.3 Å². The third-order valence-corrected chi connectivity index (χ3v) is 3.90. The molecule has 0 fully saturated rings. The van der Waals surface area contributed by atoms with E-state index >= 15 is 0 Å². The molecule has 2 atom stereocenters. The van der Waals surface area contributed by atoms with E-state index in [1.807, 2.05) is 0 Å². The number of allylic oxidation sites excluding steroid dienone is 2. The van der Waals surface area contributed by atoms with E-state index < -0.39 is 54.0 Å².